The topological polar surface area (TPSA) is 77.4 Å². The second kappa shape index (κ2) is 12.4. The molecule has 2 aliphatic heterocycles. The average molecular weight is 485 g/mol. The minimum Gasteiger partial charge on any atom is -0.390 e. The van der Waals surface area contributed by atoms with Crippen LogP contribution < -0.4 is 0 Å². The fourth-order valence-corrected chi connectivity index (χ4v) is 5.38. The van der Waals surface area contributed by atoms with Crippen molar-refractivity contribution in [1.82, 2.24) is 0 Å². The summed E-state index contributed by atoms with van der Waals surface area (Å²) in [7, 11) is 0. The summed E-state index contributed by atoms with van der Waals surface area (Å²) in [6.45, 7) is 6.18. The van der Waals surface area contributed by atoms with Crippen molar-refractivity contribution in [3.05, 3.63) is 71.8 Å². The first-order valence-electron chi connectivity index (χ1n) is 12.9. The predicted octanol–water partition coefficient (Wildman–Crippen LogP) is 4.47. The molecule has 2 aromatic carbocycles. The van der Waals surface area contributed by atoms with Crippen LogP contribution in [0.3, 0.4) is 0 Å². The van der Waals surface area contributed by atoms with Gasteiger partial charge in [0.15, 0.2) is 5.79 Å². The van der Waals surface area contributed by atoms with Crippen LogP contribution in [0.1, 0.15) is 50.7 Å². The van der Waals surface area contributed by atoms with E-state index in [0.29, 0.717) is 52.1 Å². The fraction of sp³-hybridized carbons (Fsp3) is 0.586. The van der Waals surface area contributed by atoms with Gasteiger partial charge in [-0.05, 0) is 35.8 Å². The van der Waals surface area contributed by atoms with Gasteiger partial charge in [-0.25, -0.2) is 0 Å². The summed E-state index contributed by atoms with van der Waals surface area (Å²) in [6.07, 6.45) is 0.574. The van der Waals surface area contributed by atoms with E-state index in [0.717, 1.165) is 11.1 Å². The Balaban J connectivity index is 1.25. The molecule has 2 aromatic rings. The number of aliphatic hydroxyl groups is 2. The molecule has 2 N–H and O–H groups in total. The maximum atomic E-state index is 10.9. The molecule has 0 aromatic heterocycles. The van der Waals surface area contributed by atoms with E-state index in [1.165, 1.54) is 0 Å². The van der Waals surface area contributed by atoms with Gasteiger partial charge >= 0.3 is 0 Å². The Morgan fingerprint density at radius 1 is 0.857 bits per heavy atom. The summed E-state index contributed by atoms with van der Waals surface area (Å²) in [5.41, 5.74) is 2.24. The van der Waals surface area contributed by atoms with Crippen LogP contribution in [-0.2, 0) is 32.2 Å². The lowest BCUT2D eigenvalue weighted by Gasteiger charge is -2.44. The number of hydrogen-bond donors (Lipinski definition) is 2. The van der Waals surface area contributed by atoms with Gasteiger partial charge in [0.2, 0.25) is 0 Å². The number of rotatable bonds is 11. The van der Waals surface area contributed by atoms with Crippen molar-refractivity contribution in [1.29, 1.82) is 0 Å². The largest absolute Gasteiger partial charge is 0.390 e. The van der Waals surface area contributed by atoms with E-state index in [4.69, 9.17) is 18.9 Å². The molecule has 6 nitrogen and oxygen atoms in total. The molecule has 1 spiro atoms. The molecule has 6 heteroatoms. The first-order chi connectivity index (χ1) is 17.0. The molecule has 2 saturated heterocycles. The summed E-state index contributed by atoms with van der Waals surface area (Å²) in [6, 6.07) is 20.1. The molecular weight excluding hydrogens is 444 g/mol. The zero-order chi connectivity index (χ0) is 24.7. The van der Waals surface area contributed by atoms with Crippen LogP contribution in [0.5, 0.6) is 0 Å². The SMILES string of the molecule is C[C@H]1C[C@@]2(C[C@H](C)[C@@H]([C@@H](O)CCOCc3ccccc3)O2)O[C@@H](CCOCc2ccccc2)[C@H]1O. The van der Waals surface area contributed by atoms with Gasteiger partial charge in [-0.15, -0.1) is 0 Å². The van der Waals surface area contributed by atoms with E-state index in [1.807, 2.05) is 67.6 Å². The van der Waals surface area contributed by atoms with Crippen LogP contribution >= 0.6 is 0 Å². The van der Waals surface area contributed by atoms with E-state index >= 15 is 0 Å². The minimum absolute atomic E-state index is 0.0418. The minimum atomic E-state index is -0.765. The molecule has 35 heavy (non-hydrogen) atoms. The molecule has 0 radical (unpaired) electrons. The Morgan fingerprint density at radius 3 is 2.06 bits per heavy atom. The van der Waals surface area contributed by atoms with E-state index in [1.54, 1.807) is 0 Å². The van der Waals surface area contributed by atoms with Gasteiger partial charge < -0.3 is 29.2 Å². The molecular formula is C29H40O6. The first kappa shape index (κ1) is 26.3. The standard InChI is InChI=1S/C29H40O6/c1-21-17-29(34-26(27(21)31)14-16-33-20-24-11-7-4-8-12-24)18-22(2)28(35-29)25(30)13-15-32-19-23-9-5-3-6-10-23/h3-12,21-22,25-28,30-31H,13-20H2,1-2H3/t21-,22-,25-,26-,27-,28-,29+/m0/s1. The van der Waals surface area contributed by atoms with Crippen LogP contribution in [0.25, 0.3) is 0 Å². The van der Waals surface area contributed by atoms with Crippen molar-refractivity contribution in [2.45, 2.75) is 82.9 Å². The van der Waals surface area contributed by atoms with Crippen molar-refractivity contribution in [3.8, 4) is 0 Å². The Kier molecular flexibility index (Phi) is 9.34. The molecule has 0 saturated carbocycles. The van der Waals surface area contributed by atoms with Gasteiger partial charge in [0.05, 0.1) is 37.6 Å². The summed E-state index contributed by atoms with van der Waals surface area (Å²) in [4.78, 5) is 0. The van der Waals surface area contributed by atoms with Crippen molar-refractivity contribution in [2.75, 3.05) is 13.2 Å². The van der Waals surface area contributed by atoms with E-state index in [9.17, 15) is 10.2 Å². The maximum Gasteiger partial charge on any atom is 0.170 e. The van der Waals surface area contributed by atoms with Gasteiger partial charge in [-0.1, -0.05) is 74.5 Å². The highest BCUT2D eigenvalue weighted by molar-refractivity contribution is 5.14. The zero-order valence-corrected chi connectivity index (χ0v) is 20.9. The molecule has 2 fully saturated rings. The van der Waals surface area contributed by atoms with Gasteiger partial charge in [-0.2, -0.15) is 0 Å². The Bertz CT molecular complexity index is 877. The molecule has 2 heterocycles. The van der Waals surface area contributed by atoms with Crippen LogP contribution in [0, 0.1) is 11.8 Å². The molecule has 192 valence electrons. The third-order valence-electron chi connectivity index (χ3n) is 7.21. The van der Waals surface area contributed by atoms with Crippen LogP contribution in [0.2, 0.25) is 0 Å². The van der Waals surface area contributed by atoms with Crippen LogP contribution in [0.15, 0.2) is 60.7 Å². The van der Waals surface area contributed by atoms with Crippen LogP contribution in [0.4, 0.5) is 0 Å². The fourth-order valence-electron chi connectivity index (χ4n) is 5.38. The third-order valence-corrected chi connectivity index (χ3v) is 7.21. The third kappa shape index (κ3) is 7.13. The van der Waals surface area contributed by atoms with Crippen molar-refractivity contribution in [2.24, 2.45) is 11.8 Å². The smallest absolute Gasteiger partial charge is 0.170 e. The quantitative estimate of drug-likeness (QED) is 0.459. The van der Waals surface area contributed by atoms with Crippen LogP contribution in [-0.4, -0.2) is 53.6 Å². The Labute approximate surface area is 209 Å². The molecule has 0 bridgehead atoms. The Hall–Kier alpha value is -1.80. The second-order valence-electron chi connectivity index (χ2n) is 10.2. The molecule has 2 aliphatic rings. The highest BCUT2D eigenvalue weighted by atomic mass is 16.7. The summed E-state index contributed by atoms with van der Waals surface area (Å²) < 4.78 is 24.4. The predicted molar refractivity (Wildman–Crippen MR) is 133 cm³/mol. The molecule has 7 atom stereocenters. The number of aliphatic hydroxyl groups excluding tert-OH is 2. The maximum absolute atomic E-state index is 10.9. The number of ether oxygens (including phenoxy) is 4. The van der Waals surface area contributed by atoms with Gasteiger partial charge in [0, 0.05) is 26.1 Å². The number of hydrogen-bond acceptors (Lipinski definition) is 6. The van der Waals surface area contributed by atoms with Crippen molar-refractivity contribution < 1.29 is 29.2 Å². The van der Waals surface area contributed by atoms with E-state index < -0.39 is 18.0 Å². The molecule has 0 amide bonds. The van der Waals surface area contributed by atoms with Gasteiger partial charge in [0.1, 0.15) is 0 Å². The molecule has 4 rings (SSSR count). The second-order valence-corrected chi connectivity index (χ2v) is 10.2. The molecule has 0 unspecified atom stereocenters. The lowest BCUT2D eigenvalue weighted by Crippen LogP contribution is -2.52. The Morgan fingerprint density at radius 2 is 1.43 bits per heavy atom. The summed E-state index contributed by atoms with van der Waals surface area (Å²) in [5, 5.41) is 21.6. The highest BCUT2D eigenvalue weighted by Gasteiger charge is 2.53. The highest BCUT2D eigenvalue weighted by Crippen LogP contribution is 2.46. The first-order valence-corrected chi connectivity index (χ1v) is 12.9. The van der Waals surface area contributed by atoms with Gasteiger partial charge in [0.25, 0.3) is 0 Å². The zero-order valence-electron chi connectivity index (χ0n) is 20.9. The van der Waals surface area contributed by atoms with E-state index in [-0.39, 0.29) is 24.0 Å². The van der Waals surface area contributed by atoms with E-state index in [2.05, 4.69) is 6.92 Å². The number of benzene rings is 2. The normalized spacial score (nSPS) is 31.6. The van der Waals surface area contributed by atoms with Crippen molar-refractivity contribution in [3.63, 3.8) is 0 Å². The lowest BCUT2D eigenvalue weighted by molar-refractivity contribution is -0.309. The van der Waals surface area contributed by atoms with Crippen molar-refractivity contribution >= 4 is 0 Å². The summed E-state index contributed by atoms with van der Waals surface area (Å²) >= 11 is 0. The van der Waals surface area contributed by atoms with Gasteiger partial charge in [-0.3, -0.25) is 0 Å². The summed E-state index contributed by atoms with van der Waals surface area (Å²) in [5.74, 6) is -0.574. The lowest BCUT2D eigenvalue weighted by atomic mass is 9.84. The average Bonchev–Trinajstić information content (AvgIpc) is 3.19. The molecule has 0 aliphatic carbocycles. The monoisotopic (exact) mass is 484 g/mol.